The van der Waals surface area contributed by atoms with Gasteiger partial charge in [-0.05, 0) is 37.0 Å². The molecule has 1 atom stereocenters. The predicted octanol–water partition coefficient (Wildman–Crippen LogP) is 2.23. The Hall–Kier alpha value is -1.53. The van der Waals surface area contributed by atoms with E-state index < -0.39 is 0 Å². The van der Waals surface area contributed by atoms with E-state index in [9.17, 15) is 9.59 Å². The van der Waals surface area contributed by atoms with E-state index in [1.807, 2.05) is 17.0 Å². The highest BCUT2D eigenvalue weighted by Gasteiger charge is 2.25. The molecular weight excluding hydrogens is 300 g/mol. The second-order valence-corrected chi connectivity index (χ2v) is 6.78. The molecule has 5 nitrogen and oxygen atoms in total. The van der Waals surface area contributed by atoms with E-state index in [1.165, 1.54) is 11.8 Å². The number of carbonyl (C=O) groups excluding carboxylic acids is 2. The second kappa shape index (κ2) is 6.71. The summed E-state index contributed by atoms with van der Waals surface area (Å²) in [6.07, 6.45) is 2.12. The molecule has 2 aliphatic rings. The predicted molar refractivity (Wildman–Crippen MR) is 86.3 cm³/mol. The van der Waals surface area contributed by atoms with Crippen LogP contribution < -0.4 is 5.32 Å². The van der Waals surface area contributed by atoms with Gasteiger partial charge in [-0.3, -0.25) is 9.59 Å². The highest BCUT2D eigenvalue weighted by atomic mass is 32.2. The molecule has 0 aliphatic carbocycles. The molecule has 118 valence electrons. The Morgan fingerprint density at radius 1 is 1.50 bits per heavy atom. The lowest BCUT2D eigenvalue weighted by Gasteiger charge is -2.32. The van der Waals surface area contributed by atoms with Gasteiger partial charge in [-0.2, -0.15) is 0 Å². The number of hydrogen-bond donors (Lipinski definition) is 1. The maximum Gasteiger partial charge on any atom is 0.253 e. The zero-order valence-corrected chi connectivity index (χ0v) is 13.4. The van der Waals surface area contributed by atoms with Gasteiger partial charge < -0.3 is 15.0 Å². The van der Waals surface area contributed by atoms with E-state index in [2.05, 4.69) is 5.32 Å². The van der Waals surface area contributed by atoms with Crippen molar-refractivity contribution in [2.24, 2.45) is 5.92 Å². The number of thioether (sulfide) groups is 1. The highest BCUT2D eigenvalue weighted by molar-refractivity contribution is 8.00. The van der Waals surface area contributed by atoms with Gasteiger partial charge in [0, 0.05) is 30.7 Å². The summed E-state index contributed by atoms with van der Waals surface area (Å²) in [6, 6.07) is 5.57. The smallest absolute Gasteiger partial charge is 0.253 e. The highest BCUT2D eigenvalue weighted by Crippen LogP contribution is 2.32. The van der Waals surface area contributed by atoms with Gasteiger partial charge in [0.05, 0.1) is 18.0 Å². The first-order valence-corrected chi connectivity index (χ1v) is 8.51. The van der Waals surface area contributed by atoms with Crippen LogP contribution in [0.4, 0.5) is 5.69 Å². The number of nitrogens with zero attached hydrogens (tertiary/aromatic N) is 1. The number of nitrogens with one attached hydrogen (secondary N) is 1. The van der Waals surface area contributed by atoms with Gasteiger partial charge in [-0.1, -0.05) is 0 Å². The van der Waals surface area contributed by atoms with Crippen molar-refractivity contribution in [1.29, 1.82) is 0 Å². The zero-order chi connectivity index (χ0) is 15.5. The number of ether oxygens (including phenoxy) is 1. The van der Waals surface area contributed by atoms with Crippen molar-refractivity contribution in [2.75, 3.05) is 37.9 Å². The minimum Gasteiger partial charge on any atom is -0.384 e. The van der Waals surface area contributed by atoms with Gasteiger partial charge in [0.15, 0.2) is 0 Å². The Balaban J connectivity index is 1.74. The zero-order valence-electron chi connectivity index (χ0n) is 12.6. The number of fused-ring (bicyclic) bond motifs is 1. The molecule has 1 aromatic carbocycles. The number of amides is 2. The second-order valence-electron chi connectivity index (χ2n) is 5.76. The summed E-state index contributed by atoms with van der Waals surface area (Å²) in [5, 5.41) is 2.84. The van der Waals surface area contributed by atoms with E-state index in [0.29, 0.717) is 23.8 Å². The summed E-state index contributed by atoms with van der Waals surface area (Å²) in [6.45, 7) is 2.22. The van der Waals surface area contributed by atoms with Gasteiger partial charge in [0.2, 0.25) is 5.91 Å². The fourth-order valence-corrected chi connectivity index (χ4v) is 3.81. The van der Waals surface area contributed by atoms with Crippen LogP contribution in [0.2, 0.25) is 0 Å². The van der Waals surface area contributed by atoms with Crippen LogP contribution in [-0.4, -0.2) is 49.3 Å². The number of piperidine rings is 1. The Kier molecular flexibility index (Phi) is 4.69. The molecule has 2 amide bonds. The third-order valence-corrected chi connectivity index (χ3v) is 5.14. The SMILES string of the molecule is COCC1CCCN(C(=O)c2ccc3c(c2)NC(=O)CS3)C1. The molecule has 1 saturated heterocycles. The summed E-state index contributed by atoms with van der Waals surface area (Å²) in [5.41, 5.74) is 1.39. The van der Waals surface area contributed by atoms with Crippen molar-refractivity contribution in [3.63, 3.8) is 0 Å². The molecule has 1 aromatic rings. The van der Waals surface area contributed by atoms with Crippen LogP contribution in [0, 0.1) is 5.92 Å². The molecule has 6 heteroatoms. The Labute approximate surface area is 134 Å². The Morgan fingerprint density at radius 3 is 3.18 bits per heavy atom. The van der Waals surface area contributed by atoms with E-state index in [0.717, 1.165) is 36.5 Å². The molecule has 0 aromatic heterocycles. The van der Waals surface area contributed by atoms with Crippen LogP contribution in [0.3, 0.4) is 0 Å². The maximum atomic E-state index is 12.7. The number of carbonyl (C=O) groups is 2. The third-order valence-electron chi connectivity index (χ3n) is 4.07. The van der Waals surface area contributed by atoms with Crippen molar-refractivity contribution in [2.45, 2.75) is 17.7 Å². The number of benzene rings is 1. The largest absolute Gasteiger partial charge is 0.384 e. The standard InChI is InChI=1S/C16H20N2O3S/c1-21-9-11-3-2-6-18(8-11)16(20)12-4-5-14-13(7-12)17-15(19)10-22-14/h4-5,7,11H,2-3,6,8-10H2,1H3,(H,17,19). The molecule has 3 rings (SSSR count). The van der Waals surface area contributed by atoms with Crippen LogP contribution in [0.15, 0.2) is 23.1 Å². The molecule has 1 fully saturated rings. The average Bonchev–Trinajstić information content (AvgIpc) is 2.54. The number of hydrogen-bond acceptors (Lipinski definition) is 4. The quantitative estimate of drug-likeness (QED) is 0.928. The lowest BCUT2D eigenvalue weighted by molar-refractivity contribution is -0.113. The fraction of sp³-hybridized carbons (Fsp3) is 0.500. The van der Waals surface area contributed by atoms with Gasteiger partial charge in [-0.25, -0.2) is 0 Å². The van der Waals surface area contributed by atoms with E-state index in [4.69, 9.17) is 4.74 Å². The van der Waals surface area contributed by atoms with Crippen molar-refractivity contribution < 1.29 is 14.3 Å². The lowest BCUT2D eigenvalue weighted by Crippen LogP contribution is -2.41. The van der Waals surface area contributed by atoms with E-state index in [1.54, 1.807) is 13.2 Å². The van der Waals surface area contributed by atoms with Crippen LogP contribution >= 0.6 is 11.8 Å². The summed E-state index contributed by atoms with van der Waals surface area (Å²) in [5.74, 6) is 0.870. The summed E-state index contributed by atoms with van der Waals surface area (Å²) >= 11 is 1.51. The lowest BCUT2D eigenvalue weighted by atomic mass is 9.98. The third kappa shape index (κ3) is 3.28. The first-order valence-electron chi connectivity index (χ1n) is 7.52. The number of methoxy groups -OCH3 is 1. The minimum atomic E-state index is -0.0137. The first kappa shape index (κ1) is 15.4. The molecule has 0 radical (unpaired) electrons. The van der Waals surface area contributed by atoms with E-state index in [-0.39, 0.29) is 11.8 Å². The molecule has 2 aliphatic heterocycles. The monoisotopic (exact) mass is 320 g/mol. The average molecular weight is 320 g/mol. The van der Waals surface area contributed by atoms with Crippen LogP contribution in [-0.2, 0) is 9.53 Å². The number of likely N-dealkylation sites (tertiary alicyclic amines) is 1. The molecule has 1 unspecified atom stereocenters. The summed E-state index contributed by atoms with van der Waals surface area (Å²) in [4.78, 5) is 27.1. The van der Waals surface area contributed by atoms with Crippen molar-refractivity contribution in [3.8, 4) is 0 Å². The van der Waals surface area contributed by atoms with E-state index >= 15 is 0 Å². The first-order chi connectivity index (χ1) is 10.7. The van der Waals surface area contributed by atoms with Gasteiger partial charge in [0.25, 0.3) is 5.91 Å². The topological polar surface area (TPSA) is 58.6 Å². The fourth-order valence-electron chi connectivity index (χ4n) is 3.02. The Morgan fingerprint density at radius 2 is 2.36 bits per heavy atom. The minimum absolute atomic E-state index is 0.0137. The molecule has 0 spiro atoms. The Bertz CT molecular complexity index is 589. The van der Waals surface area contributed by atoms with Gasteiger partial charge in [-0.15, -0.1) is 11.8 Å². The van der Waals surface area contributed by atoms with Gasteiger partial charge >= 0.3 is 0 Å². The molecule has 0 bridgehead atoms. The van der Waals surface area contributed by atoms with Crippen LogP contribution in [0.1, 0.15) is 23.2 Å². The van der Waals surface area contributed by atoms with Crippen molar-refractivity contribution >= 4 is 29.3 Å². The van der Waals surface area contributed by atoms with Crippen LogP contribution in [0.25, 0.3) is 0 Å². The maximum absolute atomic E-state index is 12.7. The molecule has 2 heterocycles. The van der Waals surface area contributed by atoms with Crippen LogP contribution in [0.5, 0.6) is 0 Å². The number of rotatable bonds is 3. The molecular formula is C16H20N2O3S. The summed E-state index contributed by atoms with van der Waals surface area (Å²) < 4.78 is 5.21. The van der Waals surface area contributed by atoms with Gasteiger partial charge in [0.1, 0.15) is 0 Å². The molecule has 0 saturated carbocycles. The van der Waals surface area contributed by atoms with Crippen molar-refractivity contribution in [3.05, 3.63) is 23.8 Å². The molecule has 22 heavy (non-hydrogen) atoms. The molecule has 1 N–H and O–H groups in total. The number of anilines is 1. The van der Waals surface area contributed by atoms with Crippen molar-refractivity contribution in [1.82, 2.24) is 4.90 Å². The summed E-state index contributed by atoms with van der Waals surface area (Å²) in [7, 11) is 1.70. The normalized spacial score (nSPS) is 21.2.